The molecule has 0 bridgehead atoms. The Balaban J connectivity index is 2.33. The van der Waals surface area contributed by atoms with Crippen molar-refractivity contribution in [1.29, 1.82) is 0 Å². The van der Waals surface area contributed by atoms with Gasteiger partial charge in [0.15, 0.2) is 0 Å². The molecule has 4 nitrogen and oxygen atoms in total. The molecule has 1 heterocycles. The number of nitrogens with zero attached hydrogens (tertiary/aromatic N) is 1. The molecule has 1 saturated heterocycles. The van der Waals surface area contributed by atoms with E-state index in [-0.39, 0.29) is 6.09 Å². The molecule has 1 N–H and O–H groups in total. The van der Waals surface area contributed by atoms with Crippen LogP contribution in [0.4, 0.5) is 4.79 Å². The monoisotopic (exact) mass is 228 g/mol. The molecule has 1 aliphatic heterocycles. The standard InChI is InChI=1S/C12H24N2O2/c1-12(2,3)16-11(15)14(4)9-10-7-5-6-8-13-10/h10,13H,5-9H2,1-4H3/t10-/m0/s1. The van der Waals surface area contributed by atoms with E-state index in [0.29, 0.717) is 6.04 Å². The molecule has 0 aromatic heterocycles. The second-order valence-corrected chi connectivity index (χ2v) is 5.51. The lowest BCUT2D eigenvalue weighted by Gasteiger charge is -2.30. The SMILES string of the molecule is CN(C[C@@H]1CCCCN1)C(=O)OC(C)(C)C. The lowest BCUT2D eigenvalue weighted by atomic mass is 10.1. The third-order valence-electron chi connectivity index (χ3n) is 2.61. The summed E-state index contributed by atoms with van der Waals surface area (Å²) in [7, 11) is 1.80. The van der Waals surface area contributed by atoms with Gasteiger partial charge in [-0.2, -0.15) is 0 Å². The molecule has 94 valence electrons. The number of nitrogens with one attached hydrogen (secondary N) is 1. The van der Waals surface area contributed by atoms with Gasteiger partial charge in [-0.3, -0.25) is 0 Å². The first-order chi connectivity index (χ1) is 7.38. The number of piperidine rings is 1. The second-order valence-electron chi connectivity index (χ2n) is 5.51. The number of rotatable bonds is 2. The number of amides is 1. The van der Waals surface area contributed by atoms with E-state index in [9.17, 15) is 4.79 Å². The number of ether oxygens (including phenoxy) is 1. The summed E-state index contributed by atoms with van der Waals surface area (Å²) in [5, 5.41) is 3.42. The molecular weight excluding hydrogens is 204 g/mol. The highest BCUT2D eigenvalue weighted by Gasteiger charge is 2.22. The molecule has 16 heavy (non-hydrogen) atoms. The topological polar surface area (TPSA) is 41.6 Å². The van der Waals surface area contributed by atoms with Crippen LogP contribution in [0.5, 0.6) is 0 Å². The predicted octanol–water partition coefficient (Wildman–Crippen LogP) is 2.00. The van der Waals surface area contributed by atoms with Crippen LogP contribution in [0.25, 0.3) is 0 Å². The molecule has 0 unspecified atom stereocenters. The summed E-state index contributed by atoms with van der Waals surface area (Å²) in [4.78, 5) is 13.4. The molecule has 0 radical (unpaired) electrons. The third kappa shape index (κ3) is 4.84. The van der Waals surface area contributed by atoms with E-state index in [0.717, 1.165) is 19.5 Å². The number of likely N-dealkylation sites (N-methyl/N-ethyl adjacent to an activating group) is 1. The maximum Gasteiger partial charge on any atom is 0.410 e. The van der Waals surface area contributed by atoms with E-state index in [1.807, 2.05) is 20.8 Å². The van der Waals surface area contributed by atoms with E-state index < -0.39 is 5.60 Å². The first-order valence-electron chi connectivity index (χ1n) is 6.06. The third-order valence-corrected chi connectivity index (χ3v) is 2.61. The van der Waals surface area contributed by atoms with Gasteiger partial charge in [0, 0.05) is 19.6 Å². The van der Waals surface area contributed by atoms with E-state index in [4.69, 9.17) is 4.74 Å². The summed E-state index contributed by atoms with van der Waals surface area (Å²) >= 11 is 0. The summed E-state index contributed by atoms with van der Waals surface area (Å²) in [6.07, 6.45) is 3.40. The Bertz CT molecular complexity index is 230. The predicted molar refractivity (Wildman–Crippen MR) is 64.5 cm³/mol. The molecular formula is C12H24N2O2. The second kappa shape index (κ2) is 5.53. The summed E-state index contributed by atoms with van der Waals surface area (Å²) in [6, 6.07) is 0.422. The molecule has 1 amide bonds. The zero-order valence-corrected chi connectivity index (χ0v) is 10.9. The smallest absolute Gasteiger partial charge is 0.410 e. The Morgan fingerprint density at radius 1 is 1.44 bits per heavy atom. The zero-order valence-electron chi connectivity index (χ0n) is 10.9. The molecule has 0 aromatic rings. The number of carbonyl (C=O) groups excluding carboxylic acids is 1. The minimum Gasteiger partial charge on any atom is -0.444 e. The van der Waals surface area contributed by atoms with Crippen LogP contribution in [0, 0.1) is 0 Å². The van der Waals surface area contributed by atoms with Crippen LogP contribution in [0.15, 0.2) is 0 Å². The molecule has 0 spiro atoms. The van der Waals surface area contributed by atoms with Gasteiger partial charge in [-0.15, -0.1) is 0 Å². The molecule has 0 aliphatic carbocycles. The Hall–Kier alpha value is -0.770. The van der Waals surface area contributed by atoms with Crippen LogP contribution in [-0.4, -0.2) is 42.8 Å². The van der Waals surface area contributed by atoms with Gasteiger partial charge in [0.25, 0.3) is 0 Å². The number of carbonyl (C=O) groups is 1. The van der Waals surface area contributed by atoms with Crippen molar-refractivity contribution in [2.45, 2.75) is 51.7 Å². The van der Waals surface area contributed by atoms with Crippen molar-refractivity contribution in [3.05, 3.63) is 0 Å². The van der Waals surface area contributed by atoms with Crippen molar-refractivity contribution in [2.75, 3.05) is 20.1 Å². The van der Waals surface area contributed by atoms with E-state index in [2.05, 4.69) is 5.32 Å². The lowest BCUT2D eigenvalue weighted by molar-refractivity contribution is 0.0278. The highest BCUT2D eigenvalue weighted by Crippen LogP contribution is 2.11. The fourth-order valence-corrected chi connectivity index (χ4v) is 1.82. The van der Waals surface area contributed by atoms with Crippen LogP contribution in [0.1, 0.15) is 40.0 Å². The van der Waals surface area contributed by atoms with E-state index in [1.165, 1.54) is 12.8 Å². The minimum absolute atomic E-state index is 0.236. The van der Waals surface area contributed by atoms with Gasteiger partial charge in [0.05, 0.1) is 0 Å². The van der Waals surface area contributed by atoms with Gasteiger partial charge in [-0.1, -0.05) is 6.42 Å². The van der Waals surface area contributed by atoms with Crippen molar-refractivity contribution in [1.82, 2.24) is 10.2 Å². The summed E-state index contributed by atoms with van der Waals surface area (Å²) in [5.74, 6) is 0. The van der Waals surface area contributed by atoms with Crippen LogP contribution < -0.4 is 5.32 Å². The van der Waals surface area contributed by atoms with Crippen LogP contribution in [0.2, 0.25) is 0 Å². The molecule has 1 atom stereocenters. The van der Waals surface area contributed by atoms with Crippen molar-refractivity contribution >= 4 is 6.09 Å². The van der Waals surface area contributed by atoms with Gasteiger partial charge in [-0.05, 0) is 40.2 Å². The van der Waals surface area contributed by atoms with Crippen molar-refractivity contribution in [3.63, 3.8) is 0 Å². The molecule has 0 saturated carbocycles. The van der Waals surface area contributed by atoms with E-state index in [1.54, 1.807) is 11.9 Å². The maximum atomic E-state index is 11.7. The van der Waals surface area contributed by atoms with Crippen LogP contribution >= 0.6 is 0 Å². The van der Waals surface area contributed by atoms with Crippen molar-refractivity contribution in [3.8, 4) is 0 Å². The summed E-state index contributed by atoms with van der Waals surface area (Å²) < 4.78 is 5.30. The van der Waals surface area contributed by atoms with E-state index >= 15 is 0 Å². The average Bonchev–Trinajstić information content (AvgIpc) is 2.16. The largest absolute Gasteiger partial charge is 0.444 e. The average molecular weight is 228 g/mol. The highest BCUT2D eigenvalue weighted by molar-refractivity contribution is 5.67. The Labute approximate surface area is 98.3 Å². The van der Waals surface area contributed by atoms with Crippen LogP contribution in [0.3, 0.4) is 0 Å². The first-order valence-corrected chi connectivity index (χ1v) is 6.06. The fourth-order valence-electron chi connectivity index (χ4n) is 1.82. The van der Waals surface area contributed by atoms with Gasteiger partial charge in [0.2, 0.25) is 0 Å². The quantitative estimate of drug-likeness (QED) is 0.786. The van der Waals surface area contributed by atoms with Gasteiger partial charge in [0.1, 0.15) is 5.60 Å². The summed E-state index contributed by atoms with van der Waals surface area (Å²) in [5.41, 5.74) is -0.411. The maximum absolute atomic E-state index is 11.7. The minimum atomic E-state index is -0.411. The van der Waals surface area contributed by atoms with Gasteiger partial charge >= 0.3 is 6.09 Å². The molecule has 4 heteroatoms. The Morgan fingerprint density at radius 2 is 2.12 bits per heavy atom. The van der Waals surface area contributed by atoms with Gasteiger partial charge < -0.3 is 15.0 Å². The highest BCUT2D eigenvalue weighted by atomic mass is 16.6. The molecule has 1 rings (SSSR count). The van der Waals surface area contributed by atoms with Crippen molar-refractivity contribution in [2.24, 2.45) is 0 Å². The lowest BCUT2D eigenvalue weighted by Crippen LogP contribution is -2.45. The molecule has 0 aromatic carbocycles. The first kappa shape index (κ1) is 13.3. The number of hydrogen-bond acceptors (Lipinski definition) is 3. The fraction of sp³-hybridized carbons (Fsp3) is 0.917. The summed E-state index contributed by atoms with van der Waals surface area (Å²) in [6.45, 7) is 7.45. The Morgan fingerprint density at radius 3 is 2.62 bits per heavy atom. The molecule has 1 fully saturated rings. The number of hydrogen-bond donors (Lipinski definition) is 1. The van der Waals surface area contributed by atoms with Crippen LogP contribution in [-0.2, 0) is 4.74 Å². The van der Waals surface area contributed by atoms with Gasteiger partial charge in [-0.25, -0.2) is 4.79 Å². The van der Waals surface area contributed by atoms with Crippen molar-refractivity contribution < 1.29 is 9.53 Å². The Kier molecular flexibility index (Phi) is 4.59. The zero-order chi connectivity index (χ0) is 12.2. The molecule has 1 aliphatic rings. The normalized spacial score (nSPS) is 21.6.